The summed E-state index contributed by atoms with van der Waals surface area (Å²) in [5.74, 6) is 0.297. The SMILES string of the molecule is CCOc1ccccc1C(=O)/C=C/c1ccc(NC)c([N+](=O)[O-])c1. The number of ketones is 1. The van der Waals surface area contributed by atoms with E-state index in [1.54, 1.807) is 49.5 Å². The smallest absolute Gasteiger partial charge is 0.292 e. The van der Waals surface area contributed by atoms with Crippen LogP contribution >= 0.6 is 0 Å². The lowest BCUT2D eigenvalue weighted by molar-refractivity contribution is -0.383. The Morgan fingerprint density at radius 2 is 2.04 bits per heavy atom. The number of benzene rings is 2. The Hall–Kier alpha value is -3.15. The maximum Gasteiger partial charge on any atom is 0.292 e. The predicted molar refractivity (Wildman–Crippen MR) is 93.6 cm³/mol. The van der Waals surface area contributed by atoms with Crippen molar-refractivity contribution in [2.75, 3.05) is 19.0 Å². The second kappa shape index (κ2) is 7.92. The van der Waals surface area contributed by atoms with E-state index in [9.17, 15) is 14.9 Å². The van der Waals surface area contributed by atoms with Crippen LogP contribution in [0, 0.1) is 10.1 Å². The van der Waals surface area contributed by atoms with Crippen LogP contribution in [0.25, 0.3) is 6.08 Å². The number of ether oxygens (including phenoxy) is 1. The molecule has 0 fully saturated rings. The van der Waals surface area contributed by atoms with Crippen LogP contribution in [0.15, 0.2) is 48.5 Å². The zero-order valence-corrected chi connectivity index (χ0v) is 13.5. The van der Waals surface area contributed by atoms with Crippen LogP contribution in [0.5, 0.6) is 5.75 Å². The number of hydrogen-bond acceptors (Lipinski definition) is 5. The molecule has 0 saturated heterocycles. The van der Waals surface area contributed by atoms with E-state index < -0.39 is 4.92 Å². The minimum absolute atomic E-state index is 0.0400. The minimum atomic E-state index is -0.463. The molecule has 0 spiro atoms. The summed E-state index contributed by atoms with van der Waals surface area (Å²) < 4.78 is 5.44. The van der Waals surface area contributed by atoms with Gasteiger partial charge in [-0.2, -0.15) is 0 Å². The van der Waals surface area contributed by atoms with Crippen LogP contribution in [0.3, 0.4) is 0 Å². The first-order valence-corrected chi connectivity index (χ1v) is 7.47. The first-order chi connectivity index (χ1) is 11.6. The number of allylic oxidation sites excluding steroid dienone is 1. The summed E-state index contributed by atoms with van der Waals surface area (Å²) in [5, 5.41) is 13.8. The quantitative estimate of drug-likeness (QED) is 0.361. The fourth-order valence-corrected chi connectivity index (χ4v) is 2.23. The summed E-state index contributed by atoms with van der Waals surface area (Å²) in [6.07, 6.45) is 2.94. The van der Waals surface area contributed by atoms with E-state index in [2.05, 4.69) is 5.32 Å². The monoisotopic (exact) mass is 326 g/mol. The fourth-order valence-electron chi connectivity index (χ4n) is 2.23. The first-order valence-electron chi connectivity index (χ1n) is 7.47. The van der Waals surface area contributed by atoms with E-state index in [1.165, 1.54) is 12.1 Å². The van der Waals surface area contributed by atoms with E-state index in [0.29, 0.717) is 29.2 Å². The second-order valence-corrected chi connectivity index (χ2v) is 4.91. The number of nitro groups is 1. The van der Waals surface area contributed by atoms with Crippen molar-refractivity contribution in [2.45, 2.75) is 6.92 Å². The highest BCUT2D eigenvalue weighted by Gasteiger charge is 2.13. The molecule has 6 nitrogen and oxygen atoms in total. The summed E-state index contributed by atoms with van der Waals surface area (Å²) in [7, 11) is 1.62. The lowest BCUT2D eigenvalue weighted by atomic mass is 10.1. The van der Waals surface area contributed by atoms with E-state index >= 15 is 0 Å². The maximum atomic E-state index is 12.3. The van der Waals surface area contributed by atoms with Crippen molar-refractivity contribution < 1.29 is 14.5 Å². The van der Waals surface area contributed by atoms with Crippen molar-refractivity contribution in [2.24, 2.45) is 0 Å². The summed E-state index contributed by atoms with van der Waals surface area (Å²) in [4.78, 5) is 22.9. The van der Waals surface area contributed by atoms with Crippen LogP contribution in [0.2, 0.25) is 0 Å². The van der Waals surface area contributed by atoms with Gasteiger partial charge in [0.1, 0.15) is 11.4 Å². The van der Waals surface area contributed by atoms with E-state index in [4.69, 9.17) is 4.74 Å². The van der Waals surface area contributed by atoms with Gasteiger partial charge < -0.3 is 10.1 Å². The molecule has 0 aliphatic carbocycles. The van der Waals surface area contributed by atoms with Crippen molar-refractivity contribution in [3.05, 3.63) is 69.8 Å². The molecule has 0 aromatic heterocycles. The molecular formula is C18H18N2O4. The van der Waals surface area contributed by atoms with Crippen molar-refractivity contribution in [3.8, 4) is 5.75 Å². The molecule has 0 heterocycles. The molecule has 6 heteroatoms. The Morgan fingerprint density at radius 3 is 2.71 bits per heavy atom. The average molecular weight is 326 g/mol. The average Bonchev–Trinajstić information content (AvgIpc) is 2.60. The predicted octanol–water partition coefficient (Wildman–Crippen LogP) is 3.93. The minimum Gasteiger partial charge on any atom is -0.493 e. The number of nitro benzene ring substituents is 1. The molecule has 0 saturated carbocycles. The third-order valence-corrected chi connectivity index (χ3v) is 3.37. The van der Waals surface area contributed by atoms with Gasteiger partial charge in [-0.25, -0.2) is 0 Å². The van der Waals surface area contributed by atoms with Crippen molar-refractivity contribution in [1.82, 2.24) is 0 Å². The number of anilines is 1. The highest BCUT2D eigenvalue weighted by Crippen LogP contribution is 2.26. The number of carbonyl (C=O) groups excluding carboxylic acids is 1. The number of rotatable bonds is 7. The van der Waals surface area contributed by atoms with Crippen LogP contribution < -0.4 is 10.1 Å². The Morgan fingerprint density at radius 1 is 1.29 bits per heavy atom. The van der Waals surface area contributed by atoms with Crippen molar-refractivity contribution in [3.63, 3.8) is 0 Å². The van der Waals surface area contributed by atoms with E-state index in [-0.39, 0.29) is 11.5 Å². The highest BCUT2D eigenvalue weighted by atomic mass is 16.6. The Kier molecular flexibility index (Phi) is 5.68. The molecule has 2 aromatic carbocycles. The third-order valence-electron chi connectivity index (χ3n) is 3.37. The van der Waals surface area contributed by atoms with Gasteiger partial charge in [0.25, 0.3) is 5.69 Å². The van der Waals surface area contributed by atoms with Gasteiger partial charge in [0.15, 0.2) is 5.78 Å². The molecule has 0 aliphatic rings. The number of nitrogens with zero attached hydrogens (tertiary/aromatic N) is 1. The van der Waals surface area contributed by atoms with Gasteiger partial charge in [0.05, 0.1) is 17.1 Å². The topological polar surface area (TPSA) is 81.5 Å². The molecule has 24 heavy (non-hydrogen) atoms. The summed E-state index contributed by atoms with van der Waals surface area (Å²) in [5.41, 5.74) is 1.41. The van der Waals surface area contributed by atoms with Crippen LogP contribution in [0.4, 0.5) is 11.4 Å². The first kappa shape index (κ1) is 17.2. The van der Waals surface area contributed by atoms with Gasteiger partial charge >= 0.3 is 0 Å². The van der Waals surface area contributed by atoms with Gasteiger partial charge in [-0.3, -0.25) is 14.9 Å². The molecule has 0 atom stereocenters. The van der Waals surface area contributed by atoms with Gasteiger partial charge in [-0.05, 0) is 36.8 Å². The van der Waals surface area contributed by atoms with Gasteiger partial charge in [0.2, 0.25) is 0 Å². The zero-order valence-electron chi connectivity index (χ0n) is 13.5. The largest absolute Gasteiger partial charge is 0.493 e. The molecular weight excluding hydrogens is 308 g/mol. The normalized spacial score (nSPS) is 10.6. The van der Waals surface area contributed by atoms with Gasteiger partial charge in [0, 0.05) is 13.1 Å². The molecule has 2 aromatic rings. The van der Waals surface area contributed by atoms with Crippen molar-refractivity contribution >= 4 is 23.2 Å². The zero-order chi connectivity index (χ0) is 17.5. The molecule has 2 rings (SSSR count). The third kappa shape index (κ3) is 3.98. The Labute approximate surface area is 139 Å². The Bertz CT molecular complexity index is 784. The van der Waals surface area contributed by atoms with Gasteiger partial charge in [-0.1, -0.05) is 24.3 Å². The molecule has 0 radical (unpaired) electrons. The molecule has 0 bridgehead atoms. The van der Waals surface area contributed by atoms with E-state index in [1.807, 2.05) is 6.92 Å². The van der Waals surface area contributed by atoms with Crippen LogP contribution in [0.1, 0.15) is 22.8 Å². The number of nitrogens with one attached hydrogen (secondary N) is 1. The van der Waals surface area contributed by atoms with E-state index in [0.717, 1.165) is 0 Å². The summed E-state index contributed by atoms with van der Waals surface area (Å²) >= 11 is 0. The highest BCUT2D eigenvalue weighted by molar-refractivity contribution is 6.08. The molecule has 0 aliphatic heterocycles. The molecule has 1 N–H and O–H groups in total. The number of hydrogen-bond donors (Lipinski definition) is 1. The Balaban J connectivity index is 2.26. The molecule has 0 unspecified atom stereocenters. The van der Waals surface area contributed by atoms with Crippen LogP contribution in [-0.2, 0) is 0 Å². The van der Waals surface area contributed by atoms with Gasteiger partial charge in [-0.15, -0.1) is 0 Å². The molecule has 124 valence electrons. The summed E-state index contributed by atoms with van der Waals surface area (Å²) in [6, 6.07) is 11.7. The lowest BCUT2D eigenvalue weighted by Gasteiger charge is -2.07. The maximum absolute atomic E-state index is 12.3. The summed E-state index contributed by atoms with van der Waals surface area (Å²) in [6.45, 7) is 2.31. The lowest BCUT2D eigenvalue weighted by Crippen LogP contribution is -2.01. The van der Waals surface area contributed by atoms with Crippen LogP contribution in [-0.4, -0.2) is 24.4 Å². The standard InChI is InChI=1S/C18H18N2O4/c1-3-24-18-7-5-4-6-14(18)17(21)11-9-13-8-10-15(19-2)16(12-13)20(22)23/h4-12,19H,3H2,1-2H3/b11-9+. The number of para-hydroxylation sites is 1. The second-order valence-electron chi connectivity index (χ2n) is 4.91. The number of carbonyl (C=O) groups is 1. The van der Waals surface area contributed by atoms with Crippen molar-refractivity contribution in [1.29, 1.82) is 0 Å². The molecule has 0 amide bonds. The fraction of sp³-hybridized carbons (Fsp3) is 0.167.